The molecule has 1 amide bonds. The Bertz CT molecular complexity index is 785. The van der Waals surface area contributed by atoms with Gasteiger partial charge in [0.1, 0.15) is 11.6 Å². The van der Waals surface area contributed by atoms with Gasteiger partial charge in [0, 0.05) is 17.2 Å². The maximum absolute atomic E-state index is 12.3. The first-order valence-corrected chi connectivity index (χ1v) is 8.04. The number of carboxylic acids is 1. The Kier molecular flexibility index (Phi) is 6.32. The van der Waals surface area contributed by atoms with E-state index in [0.717, 1.165) is 5.56 Å². The van der Waals surface area contributed by atoms with E-state index >= 15 is 0 Å². The van der Waals surface area contributed by atoms with Gasteiger partial charge in [-0.05, 0) is 43.2 Å². The van der Waals surface area contributed by atoms with Crippen LogP contribution in [0.15, 0.2) is 48.5 Å². The molecule has 1 unspecified atom stereocenters. The second kappa shape index (κ2) is 8.66. The molecular weight excluding hydrogens is 334 g/mol. The third-order valence-electron chi connectivity index (χ3n) is 3.66. The zero-order chi connectivity index (χ0) is 19.1. The summed E-state index contributed by atoms with van der Waals surface area (Å²) in [5, 5.41) is 18.9. The van der Waals surface area contributed by atoms with Gasteiger partial charge in [-0.15, -0.1) is 0 Å². The fourth-order valence-corrected chi connectivity index (χ4v) is 2.38. The van der Waals surface area contributed by atoms with Crippen molar-refractivity contribution >= 4 is 17.7 Å². The zero-order valence-electron chi connectivity index (χ0n) is 14.4. The average Bonchev–Trinajstić information content (AvgIpc) is 2.61. The number of amidine groups is 1. The molecule has 0 aliphatic rings. The maximum Gasteiger partial charge on any atom is 0.341 e. The van der Waals surface area contributed by atoms with E-state index < -0.39 is 5.97 Å². The summed E-state index contributed by atoms with van der Waals surface area (Å²) in [4.78, 5) is 22.7. The molecule has 0 bridgehead atoms. The molecule has 2 rings (SSSR count). The van der Waals surface area contributed by atoms with Gasteiger partial charge in [-0.3, -0.25) is 10.2 Å². The lowest BCUT2D eigenvalue weighted by molar-refractivity contribution is -0.139. The molecule has 0 heterocycles. The number of carbonyl (C=O) groups excluding carboxylic acids is 1. The van der Waals surface area contributed by atoms with Gasteiger partial charge >= 0.3 is 5.97 Å². The molecule has 136 valence electrons. The van der Waals surface area contributed by atoms with Crippen LogP contribution in [-0.2, 0) is 11.2 Å². The SMILES string of the molecule is CC(Cc1ccc(OCC(=O)O)cc1)NC(=O)c1ccc(C(=N)N)cc1. The number of nitrogens with two attached hydrogens (primary N) is 1. The number of aliphatic carboxylic acids is 1. The average molecular weight is 355 g/mol. The van der Waals surface area contributed by atoms with Crippen molar-refractivity contribution in [3.8, 4) is 5.75 Å². The molecule has 1 atom stereocenters. The number of nitrogen functional groups attached to an aromatic ring is 1. The summed E-state index contributed by atoms with van der Waals surface area (Å²) in [5.74, 6) is -0.782. The first kappa shape index (κ1) is 19.0. The summed E-state index contributed by atoms with van der Waals surface area (Å²) in [7, 11) is 0. The molecule has 0 aliphatic carbocycles. The van der Waals surface area contributed by atoms with Crippen molar-refractivity contribution in [1.82, 2.24) is 5.32 Å². The Labute approximate surface area is 151 Å². The first-order chi connectivity index (χ1) is 12.3. The highest BCUT2D eigenvalue weighted by atomic mass is 16.5. The predicted octanol–water partition coefficient (Wildman–Crippen LogP) is 1.80. The van der Waals surface area contributed by atoms with Crippen LogP contribution in [0.3, 0.4) is 0 Å². The molecule has 0 radical (unpaired) electrons. The molecule has 0 fully saturated rings. The molecule has 2 aromatic rings. The van der Waals surface area contributed by atoms with E-state index in [1.807, 2.05) is 19.1 Å². The van der Waals surface area contributed by atoms with E-state index in [-0.39, 0.29) is 24.4 Å². The number of hydrogen-bond acceptors (Lipinski definition) is 4. The molecule has 0 aromatic heterocycles. The number of amides is 1. The summed E-state index contributed by atoms with van der Waals surface area (Å²) in [6, 6.07) is 13.5. The summed E-state index contributed by atoms with van der Waals surface area (Å²) in [6.45, 7) is 1.52. The van der Waals surface area contributed by atoms with Gasteiger partial charge in [0.2, 0.25) is 0 Å². The van der Waals surface area contributed by atoms with Crippen molar-refractivity contribution in [1.29, 1.82) is 5.41 Å². The topological polar surface area (TPSA) is 125 Å². The Morgan fingerprint density at radius 3 is 2.23 bits per heavy atom. The molecular formula is C19H21N3O4. The van der Waals surface area contributed by atoms with Gasteiger partial charge < -0.3 is 20.9 Å². The zero-order valence-corrected chi connectivity index (χ0v) is 14.4. The molecule has 2 aromatic carbocycles. The van der Waals surface area contributed by atoms with Crippen molar-refractivity contribution in [3.05, 3.63) is 65.2 Å². The molecule has 0 saturated carbocycles. The third kappa shape index (κ3) is 5.62. The van der Waals surface area contributed by atoms with Crippen LogP contribution < -0.4 is 15.8 Å². The summed E-state index contributed by atoms with van der Waals surface area (Å²) in [5.41, 5.74) is 7.46. The molecule has 7 heteroatoms. The van der Waals surface area contributed by atoms with Crippen LogP contribution >= 0.6 is 0 Å². The molecule has 7 nitrogen and oxygen atoms in total. The van der Waals surface area contributed by atoms with Crippen LogP contribution in [0.25, 0.3) is 0 Å². The Morgan fingerprint density at radius 1 is 1.12 bits per heavy atom. The standard InChI is InChI=1S/C19H21N3O4/c1-12(10-13-2-8-16(9-3-13)26-11-17(23)24)22-19(25)15-6-4-14(5-7-15)18(20)21/h2-9,12H,10-11H2,1H3,(H3,20,21)(H,22,25)(H,23,24). The monoisotopic (exact) mass is 355 g/mol. The van der Waals surface area contributed by atoms with Crippen molar-refractivity contribution in [2.45, 2.75) is 19.4 Å². The molecule has 0 aliphatic heterocycles. The highest BCUT2D eigenvalue weighted by Gasteiger charge is 2.11. The third-order valence-corrected chi connectivity index (χ3v) is 3.66. The minimum Gasteiger partial charge on any atom is -0.482 e. The summed E-state index contributed by atoms with van der Waals surface area (Å²) < 4.78 is 5.08. The number of carbonyl (C=O) groups is 2. The lowest BCUT2D eigenvalue weighted by Gasteiger charge is -2.14. The predicted molar refractivity (Wildman–Crippen MR) is 97.7 cm³/mol. The quantitative estimate of drug-likeness (QED) is 0.424. The van der Waals surface area contributed by atoms with Crippen LogP contribution in [0.4, 0.5) is 0 Å². The van der Waals surface area contributed by atoms with E-state index in [2.05, 4.69) is 5.32 Å². The maximum atomic E-state index is 12.3. The van der Waals surface area contributed by atoms with Crippen LogP contribution in [-0.4, -0.2) is 35.5 Å². The van der Waals surface area contributed by atoms with Crippen molar-refractivity contribution in [2.75, 3.05) is 6.61 Å². The Balaban J connectivity index is 1.89. The molecule has 0 spiro atoms. The lowest BCUT2D eigenvalue weighted by atomic mass is 10.1. The van der Waals surface area contributed by atoms with Crippen molar-refractivity contribution < 1.29 is 19.4 Å². The first-order valence-electron chi connectivity index (χ1n) is 8.04. The van der Waals surface area contributed by atoms with Gasteiger partial charge in [-0.2, -0.15) is 0 Å². The normalized spacial score (nSPS) is 11.4. The number of nitrogens with one attached hydrogen (secondary N) is 2. The van der Waals surface area contributed by atoms with Gasteiger partial charge in [0.25, 0.3) is 5.91 Å². The molecule has 5 N–H and O–H groups in total. The van der Waals surface area contributed by atoms with E-state index in [9.17, 15) is 9.59 Å². The van der Waals surface area contributed by atoms with Crippen LogP contribution in [0.1, 0.15) is 28.4 Å². The molecule has 0 saturated heterocycles. The van der Waals surface area contributed by atoms with E-state index in [1.165, 1.54) is 0 Å². The van der Waals surface area contributed by atoms with Crippen LogP contribution in [0, 0.1) is 5.41 Å². The minimum atomic E-state index is -1.03. The highest BCUT2D eigenvalue weighted by molar-refractivity contribution is 5.98. The molecule has 26 heavy (non-hydrogen) atoms. The lowest BCUT2D eigenvalue weighted by Crippen LogP contribution is -2.34. The van der Waals surface area contributed by atoms with E-state index in [1.54, 1.807) is 36.4 Å². The summed E-state index contributed by atoms with van der Waals surface area (Å²) in [6.07, 6.45) is 0.622. The minimum absolute atomic E-state index is 0.0406. The van der Waals surface area contributed by atoms with Gasteiger partial charge in [-0.25, -0.2) is 4.79 Å². The largest absolute Gasteiger partial charge is 0.482 e. The van der Waals surface area contributed by atoms with Gasteiger partial charge in [-0.1, -0.05) is 24.3 Å². The number of benzene rings is 2. The van der Waals surface area contributed by atoms with Crippen LogP contribution in [0.5, 0.6) is 5.75 Å². The highest BCUT2D eigenvalue weighted by Crippen LogP contribution is 2.14. The van der Waals surface area contributed by atoms with Crippen molar-refractivity contribution in [3.63, 3.8) is 0 Å². The fourth-order valence-electron chi connectivity index (χ4n) is 2.38. The number of rotatable bonds is 8. The van der Waals surface area contributed by atoms with Gasteiger partial charge in [0.05, 0.1) is 0 Å². The second-order valence-corrected chi connectivity index (χ2v) is 5.90. The Morgan fingerprint density at radius 2 is 1.69 bits per heavy atom. The number of ether oxygens (including phenoxy) is 1. The van der Waals surface area contributed by atoms with E-state index in [0.29, 0.717) is 23.3 Å². The van der Waals surface area contributed by atoms with Crippen LogP contribution in [0.2, 0.25) is 0 Å². The smallest absolute Gasteiger partial charge is 0.341 e. The second-order valence-electron chi connectivity index (χ2n) is 5.90. The summed E-state index contributed by atoms with van der Waals surface area (Å²) >= 11 is 0. The fraction of sp³-hybridized carbons (Fsp3) is 0.211. The van der Waals surface area contributed by atoms with Gasteiger partial charge in [0.15, 0.2) is 6.61 Å². The van der Waals surface area contributed by atoms with Crippen molar-refractivity contribution in [2.24, 2.45) is 5.73 Å². The Hall–Kier alpha value is -3.35. The van der Waals surface area contributed by atoms with E-state index in [4.69, 9.17) is 21.0 Å². The number of hydrogen-bond donors (Lipinski definition) is 4. The number of carboxylic acid groups (broad SMARTS) is 1.